The second-order valence-electron chi connectivity index (χ2n) is 3.61. The molecule has 0 aliphatic heterocycles. The lowest BCUT2D eigenvalue weighted by Crippen LogP contribution is -2.34. The van der Waals surface area contributed by atoms with E-state index < -0.39 is 24.6 Å². The van der Waals surface area contributed by atoms with Crippen molar-refractivity contribution in [2.45, 2.75) is 6.92 Å². The molecule has 0 fully saturated rings. The minimum absolute atomic E-state index is 0.0500. The minimum Gasteiger partial charge on any atom is -0.483 e. The first-order valence-corrected chi connectivity index (χ1v) is 5.28. The van der Waals surface area contributed by atoms with Crippen molar-refractivity contribution < 1.29 is 29.0 Å². The van der Waals surface area contributed by atoms with E-state index in [1.165, 1.54) is 12.1 Å². The number of nitrogens with one attached hydrogen (secondary N) is 1. The highest BCUT2D eigenvalue weighted by molar-refractivity contribution is 5.92. The fourth-order valence-electron chi connectivity index (χ4n) is 1.23. The van der Waals surface area contributed by atoms with Crippen molar-refractivity contribution in [2.75, 3.05) is 13.7 Å². The first-order valence-electron chi connectivity index (χ1n) is 5.28. The van der Waals surface area contributed by atoms with E-state index in [2.05, 4.69) is 4.74 Å². The Kier molecular flexibility index (Phi) is 4.87. The molecule has 0 bridgehead atoms. The van der Waals surface area contributed by atoms with Crippen molar-refractivity contribution in [3.05, 3.63) is 29.3 Å². The van der Waals surface area contributed by atoms with Gasteiger partial charge >= 0.3 is 12.1 Å². The SMILES string of the molecule is COC(=O)NC(=O)COc1cc(C(=O)O)ccc1C. The van der Waals surface area contributed by atoms with Crippen LogP contribution in [0, 0.1) is 6.92 Å². The third kappa shape index (κ3) is 4.30. The Hall–Kier alpha value is -2.57. The van der Waals surface area contributed by atoms with Gasteiger partial charge in [0.2, 0.25) is 0 Å². The van der Waals surface area contributed by atoms with Gasteiger partial charge in [-0.1, -0.05) is 6.07 Å². The number of hydrogen-bond acceptors (Lipinski definition) is 5. The van der Waals surface area contributed by atoms with Crippen LogP contribution >= 0.6 is 0 Å². The molecule has 0 saturated carbocycles. The Labute approximate surface area is 109 Å². The van der Waals surface area contributed by atoms with Crippen molar-refractivity contribution in [1.29, 1.82) is 0 Å². The molecule has 0 saturated heterocycles. The van der Waals surface area contributed by atoms with Crippen molar-refractivity contribution in [3.63, 3.8) is 0 Å². The van der Waals surface area contributed by atoms with Crippen LogP contribution in [0.2, 0.25) is 0 Å². The van der Waals surface area contributed by atoms with Gasteiger partial charge in [0.15, 0.2) is 6.61 Å². The summed E-state index contributed by atoms with van der Waals surface area (Å²) in [6, 6.07) is 4.30. The van der Waals surface area contributed by atoms with E-state index in [-0.39, 0.29) is 11.3 Å². The largest absolute Gasteiger partial charge is 0.483 e. The van der Waals surface area contributed by atoms with Gasteiger partial charge in [-0.25, -0.2) is 9.59 Å². The standard InChI is InChI=1S/C12H13NO6/c1-7-3-4-8(11(15)16)5-9(7)19-6-10(14)13-12(17)18-2/h3-5H,6H2,1-2H3,(H,15,16)(H,13,14,17). The van der Waals surface area contributed by atoms with E-state index in [1.807, 2.05) is 5.32 Å². The number of hydrogen-bond donors (Lipinski definition) is 2. The van der Waals surface area contributed by atoms with E-state index >= 15 is 0 Å². The highest BCUT2D eigenvalue weighted by Gasteiger charge is 2.11. The highest BCUT2D eigenvalue weighted by Crippen LogP contribution is 2.19. The van der Waals surface area contributed by atoms with Crippen LogP contribution in [0.4, 0.5) is 4.79 Å². The summed E-state index contributed by atoms with van der Waals surface area (Å²) in [5.74, 6) is -1.52. The summed E-state index contributed by atoms with van der Waals surface area (Å²) in [5, 5.41) is 10.7. The van der Waals surface area contributed by atoms with Crippen LogP contribution in [0.25, 0.3) is 0 Å². The lowest BCUT2D eigenvalue weighted by molar-refractivity contribution is -0.122. The summed E-state index contributed by atoms with van der Waals surface area (Å²) in [6.07, 6.45) is -0.885. The van der Waals surface area contributed by atoms with Gasteiger partial charge in [-0.2, -0.15) is 0 Å². The number of carboxylic acids is 1. The third-order valence-electron chi connectivity index (χ3n) is 2.22. The fourth-order valence-corrected chi connectivity index (χ4v) is 1.23. The van der Waals surface area contributed by atoms with Gasteiger partial charge in [-0.15, -0.1) is 0 Å². The average molecular weight is 267 g/mol. The van der Waals surface area contributed by atoms with Gasteiger partial charge in [-0.05, 0) is 24.6 Å². The Morgan fingerprint density at radius 2 is 2.00 bits per heavy atom. The molecule has 102 valence electrons. The molecule has 0 unspecified atom stereocenters. The number of aryl methyl sites for hydroxylation is 1. The quantitative estimate of drug-likeness (QED) is 0.842. The van der Waals surface area contributed by atoms with Crippen molar-refractivity contribution >= 4 is 18.0 Å². The summed E-state index contributed by atoms with van der Waals surface area (Å²) in [6.45, 7) is 1.29. The average Bonchev–Trinajstić information content (AvgIpc) is 2.37. The predicted molar refractivity (Wildman–Crippen MR) is 64.2 cm³/mol. The zero-order valence-electron chi connectivity index (χ0n) is 10.4. The number of alkyl carbamates (subject to hydrolysis) is 1. The van der Waals surface area contributed by atoms with E-state index in [1.54, 1.807) is 13.0 Å². The Bertz CT molecular complexity index is 511. The van der Waals surface area contributed by atoms with Crippen molar-refractivity contribution in [1.82, 2.24) is 5.32 Å². The monoisotopic (exact) mass is 267 g/mol. The van der Waals surface area contributed by atoms with E-state index in [4.69, 9.17) is 9.84 Å². The van der Waals surface area contributed by atoms with Crippen LogP contribution in [0.5, 0.6) is 5.75 Å². The molecule has 19 heavy (non-hydrogen) atoms. The van der Waals surface area contributed by atoms with Crippen molar-refractivity contribution in [2.24, 2.45) is 0 Å². The van der Waals surface area contributed by atoms with Crippen LogP contribution in [0.15, 0.2) is 18.2 Å². The molecule has 0 aliphatic carbocycles. The smallest absolute Gasteiger partial charge is 0.413 e. The maximum absolute atomic E-state index is 11.3. The van der Waals surface area contributed by atoms with Gasteiger partial charge in [-0.3, -0.25) is 10.1 Å². The predicted octanol–water partition coefficient (Wildman–Crippen LogP) is 0.955. The Morgan fingerprint density at radius 1 is 1.32 bits per heavy atom. The number of imide groups is 1. The van der Waals surface area contributed by atoms with Crippen molar-refractivity contribution in [3.8, 4) is 5.75 Å². The number of ether oxygens (including phenoxy) is 2. The molecule has 2 N–H and O–H groups in total. The van der Waals surface area contributed by atoms with Gasteiger partial charge in [0.1, 0.15) is 5.75 Å². The molecule has 2 amide bonds. The zero-order valence-corrected chi connectivity index (χ0v) is 10.4. The molecule has 0 radical (unpaired) electrons. The zero-order chi connectivity index (χ0) is 14.4. The molecular formula is C12H13NO6. The van der Waals surface area contributed by atoms with Crippen LogP contribution < -0.4 is 10.1 Å². The number of amides is 2. The molecule has 1 rings (SSSR count). The number of carboxylic acid groups (broad SMARTS) is 1. The summed E-state index contributed by atoms with van der Waals surface area (Å²) >= 11 is 0. The summed E-state index contributed by atoms with van der Waals surface area (Å²) in [5.41, 5.74) is 0.727. The van der Waals surface area contributed by atoms with Gasteiger partial charge in [0.05, 0.1) is 12.7 Å². The molecule has 0 heterocycles. The second-order valence-corrected chi connectivity index (χ2v) is 3.61. The minimum atomic E-state index is -1.09. The third-order valence-corrected chi connectivity index (χ3v) is 2.22. The summed E-state index contributed by atoms with van der Waals surface area (Å²) in [4.78, 5) is 32.8. The van der Waals surface area contributed by atoms with Crippen LogP contribution in [-0.2, 0) is 9.53 Å². The number of carbonyl (C=O) groups is 3. The van der Waals surface area contributed by atoms with Crippen LogP contribution in [-0.4, -0.2) is 36.8 Å². The highest BCUT2D eigenvalue weighted by atomic mass is 16.5. The lowest BCUT2D eigenvalue weighted by atomic mass is 10.1. The molecule has 1 aromatic rings. The Morgan fingerprint density at radius 3 is 2.58 bits per heavy atom. The number of carbonyl (C=O) groups excluding carboxylic acids is 2. The molecule has 1 aromatic carbocycles. The number of benzene rings is 1. The van der Waals surface area contributed by atoms with E-state index in [9.17, 15) is 14.4 Å². The van der Waals surface area contributed by atoms with E-state index in [0.29, 0.717) is 5.56 Å². The summed E-state index contributed by atoms with van der Waals surface area (Å²) < 4.78 is 9.39. The molecule has 0 spiro atoms. The maximum atomic E-state index is 11.3. The van der Waals surface area contributed by atoms with Gasteiger partial charge in [0, 0.05) is 0 Å². The number of aromatic carboxylic acids is 1. The Balaban J connectivity index is 2.67. The maximum Gasteiger partial charge on any atom is 0.413 e. The molecule has 0 atom stereocenters. The fraction of sp³-hybridized carbons (Fsp3) is 0.250. The first kappa shape index (κ1) is 14.5. The molecule has 7 nitrogen and oxygen atoms in total. The van der Waals surface area contributed by atoms with Gasteiger partial charge in [0.25, 0.3) is 5.91 Å². The normalized spacial score (nSPS) is 9.58. The van der Waals surface area contributed by atoms with Crippen LogP contribution in [0.3, 0.4) is 0 Å². The van der Waals surface area contributed by atoms with E-state index in [0.717, 1.165) is 7.11 Å². The number of methoxy groups -OCH3 is 1. The molecule has 0 aliphatic rings. The van der Waals surface area contributed by atoms with Gasteiger partial charge < -0.3 is 14.6 Å². The molecular weight excluding hydrogens is 254 g/mol. The molecule has 0 aromatic heterocycles. The second kappa shape index (κ2) is 6.39. The first-order chi connectivity index (χ1) is 8.93. The summed E-state index contributed by atoms with van der Waals surface area (Å²) in [7, 11) is 1.13. The lowest BCUT2D eigenvalue weighted by Gasteiger charge is -2.09. The topological polar surface area (TPSA) is 102 Å². The molecule has 7 heteroatoms. The van der Waals surface area contributed by atoms with Crippen LogP contribution in [0.1, 0.15) is 15.9 Å². The number of rotatable bonds is 4.